The quantitative estimate of drug-likeness (QED) is 0.345. The van der Waals surface area contributed by atoms with Crippen molar-refractivity contribution in [2.45, 2.75) is 72.0 Å². The van der Waals surface area contributed by atoms with E-state index in [-0.39, 0.29) is 26.1 Å². The van der Waals surface area contributed by atoms with Gasteiger partial charge in [-0.1, -0.05) is 12.8 Å². The first-order valence-corrected chi connectivity index (χ1v) is 9.23. The number of hydrogen-bond donors (Lipinski definition) is 2. The second-order valence-corrected chi connectivity index (χ2v) is 6.19. The molecule has 0 aliphatic heterocycles. The van der Waals surface area contributed by atoms with E-state index in [9.17, 15) is 24.3 Å². The lowest BCUT2D eigenvalue weighted by Gasteiger charge is -2.38. The van der Waals surface area contributed by atoms with Crippen molar-refractivity contribution in [3.8, 4) is 0 Å². The van der Waals surface area contributed by atoms with E-state index in [0.29, 0.717) is 19.3 Å². The summed E-state index contributed by atoms with van der Waals surface area (Å²) in [6, 6.07) is 0. The van der Waals surface area contributed by atoms with E-state index in [2.05, 4.69) is 0 Å². The monoisotopic (exact) mass is 406 g/mol. The summed E-state index contributed by atoms with van der Waals surface area (Å²) in [5.41, 5.74) is -1.76. The first kappa shape index (κ1) is 25.5. The van der Waals surface area contributed by atoms with Crippen LogP contribution in [0.2, 0.25) is 0 Å². The molecule has 0 aliphatic rings. The van der Waals surface area contributed by atoms with Gasteiger partial charge in [0.2, 0.25) is 0 Å². The molecule has 0 amide bonds. The number of carbonyl (C=O) groups excluding carboxylic acids is 2. The summed E-state index contributed by atoms with van der Waals surface area (Å²) in [6.07, 6.45) is -3.35. The third-order valence-corrected chi connectivity index (χ3v) is 4.40. The fourth-order valence-electron chi connectivity index (χ4n) is 2.86. The molecule has 0 rings (SSSR count). The van der Waals surface area contributed by atoms with E-state index in [1.165, 1.54) is 13.8 Å². The molecule has 10 heteroatoms. The maximum Gasteiger partial charge on any atom is 0.508 e. The van der Waals surface area contributed by atoms with Crippen molar-refractivity contribution in [2.75, 3.05) is 13.2 Å². The minimum absolute atomic E-state index is 0.0108. The molecule has 28 heavy (non-hydrogen) atoms. The van der Waals surface area contributed by atoms with Crippen molar-refractivity contribution < 1.29 is 48.3 Å². The lowest BCUT2D eigenvalue weighted by atomic mass is 9.73. The zero-order valence-corrected chi connectivity index (χ0v) is 16.8. The number of ether oxygens (including phenoxy) is 4. The normalized spacial score (nSPS) is 14.9. The van der Waals surface area contributed by atoms with Crippen molar-refractivity contribution in [1.82, 2.24) is 0 Å². The van der Waals surface area contributed by atoms with Crippen LogP contribution in [0.4, 0.5) is 9.59 Å². The first-order chi connectivity index (χ1) is 13.1. The van der Waals surface area contributed by atoms with E-state index in [4.69, 9.17) is 24.1 Å². The Kier molecular flexibility index (Phi) is 11.6. The van der Waals surface area contributed by atoms with Gasteiger partial charge in [-0.3, -0.25) is 9.59 Å². The van der Waals surface area contributed by atoms with Gasteiger partial charge in [-0.25, -0.2) is 9.59 Å². The molecule has 0 saturated carbocycles. The predicted molar refractivity (Wildman–Crippen MR) is 95.9 cm³/mol. The first-order valence-electron chi connectivity index (χ1n) is 9.23. The average molecular weight is 406 g/mol. The molecule has 0 fully saturated rings. The van der Waals surface area contributed by atoms with Crippen molar-refractivity contribution in [2.24, 2.45) is 5.41 Å². The van der Waals surface area contributed by atoms with Crippen LogP contribution in [0, 0.1) is 5.41 Å². The fourth-order valence-corrected chi connectivity index (χ4v) is 2.86. The molecule has 0 saturated heterocycles. The minimum atomic E-state index is -1.76. The van der Waals surface area contributed by atoms with Gasteiger partial charge in [0.15, 0.2) is 0 Å². The van der Waals surface area contributed by atoms with Crippen LogP contribution in [0.3, 0.4) is 0 Å². The van der Waals surface area contributed by atoms with E-state index in [1.54, 1.807) is 13.8 Å². The van der Waals surface area contributed by atoms with Crippen LogP contribution in [0.25, 0.3) is 0 Å². The SMILES string of the molecule is CCOC(=O)OC(C)C(CCCCCC(=O)O)(C(=O)O)C(C)OC(=O)OCC. The molecule has 0 aromatic carbocycles. The summed E-state index contributed by atoms with van der Waals surface area (Å²) in [7, 11) is 0. The number of hydrogen-bond acceptors (Lipinski definition) is 8. The third-order valence-electron chi connectivity index (χ3n) is 4.40. The van der Waals surface area contributed by atoms with E-state index < -0.39 is 41.9 Å². The Balaban J connectivity index is 5.45. The van der Waals surface area contributed by atoms with Crippen LogP contribution in [-0.2, 0) is 28.5 Å². The molecule has 0 aromatic heterocycles. The molecule has 0 heterocycles. The molecule has 0 bridgehead atoms. The molecular formula is C18H30O10. The lowest BCUT2D eigenvalue weighted by Crippen LogP contribution is -2.52. The van der Waals surface area contributed by atoms with Crippen molar-refractivity contribution in [3.63, 3.8) is 0 Å². The number of carbonyl (C=O) groups is 4. The summed E-state index contributed by atoms with van der Waals surface area (Å²) in [5.74, 6) is -2.26. The summed E-state index contributed by atoms with van der Waals surface area (Å²) in [6.45, 7) is 6.02. The van der Waals surface area contributed by atoms with E-state index in [0.717, 1.165) is 0 Å². The van der Waals surface area contributed by atoms with Crippen molar-refractivity contribution >= 4 is 24.2 Å². The van der Waals surface area contributed by atoms with Crippen LogP contribution < -0.4 is 0 Å². The highest BCUT2D eigenvalue weighted by Crippen LogP contribution is 2.38. The highest BCUT2D eigenvalue weighted by molar-refractivity contribution is 5.77. The average Bonchev–Trinajstić information content (AvgIpc) is 2.57. The third kappa shape index (κ3) is 8.01. The molecule has 2 atom stereocenters. The number of aliphatic carboxylic acids is 2. The molecular weight excluding hydrogens is 376 g/mol. The smallest absolute Gasteiger partial charge is 0.481 e. The van der Waals surface area contributed by atoms with E-state index >= 15 is 0 Å². The van der Waals surface area contributed by atoms with Crippen LogP contribution in [-0.4, -0.2) is 59.9 Å². The zero-order chi connectivity index (χ0) is 21.7. The van der Waals surface area contributed by atoms with Gasteiger partial charge >= 0.3 is 24.2 Å². The van der Waals surface area contributed by atoms with Gasteiger partial charge < -0.3 is 29.2 Å². The number of rotatable bonds is 13. The van der Waals surface area contributed by atoms with Crippen LogP contribution in [0.5, 0.6) is 0 Å². The van der Waals surface area contributed by atoms with Crippen LogP contribution >= 0.6 is 0 Å². The second-order valence-electron chi connectivity index (χ2n) is 6.19. The van der Waals surface area contributed by atoms with Crippen LogP contribution in [0.15, 0.2) is 0 Å². The molecule has 0 aromatic rings. The standard InChI is InChI=1S/C18H30O10/c1-5-25-16(23)27-12(3)18(15(21)22,11-9-7-8-10-14(19)20)13(4)28-17(24)26-6-2/h12-13H,5-11H2,1-4H3,(H,19,20)(H,21,22). The Morgan fingerprint density at radius 1 is 0.821 bits per heavy atom. The summed E-state index contributed by atoms with van der Waals surface area (Å²) in [4.78, 5) is 46.2. The van der Waals surface area contributed by atoms with Gasteiger partial charge in [-0.15, -0.1) is 0 Å². The Labute approximate surface area is 164 Å². The van der Waals surface area contributed by atoms with Gasteiger partial charge in [-0.05, 0) is 40.5 Å². The molecule has 0 aliphatic carbocycles. The number of carboxylic acid groups (broad SMARTS) is 2. The zero-order valence-electron chi connectivity index (χ0n) is 16.8. The maximum atomic E-state index is 12.2. The largest absolute Gasteiger partial charge is 0.508 e. The van der Waals surface area contributed by atoms with Crippen LogP contribution in [0.1, 0.15) is 59.8 Å². The summed E-state index contributed by atoms with van der Waals surface area (Å²) >= 11 is 0. The van der Waals surface area contributed by atoms with Gasteiger partial charge in [0.25, 0.3) is 0 Å². The minimum Gasteiger partial charge on any atom is -0.481 e. The molecule has 0 radical (unpaired) electrons. The molecule has 162 valence electrons. The molecule has 2 unspecified atom stereocenters. The lowest BCUT2D eigenvalue weighted by molar-refractivity contribution is -0.171. The summed E-state index contributed by atoms with van der Waals surface area (Å²) < 4.78 is 19.6. The van der Waals surface area contributed by atoms with Gasteiger partial charge in [-0.2, -0.15) is 0 Å². The van der Waals surface area contributed by atoms with Gasteiger partial charge in [0.05, 0.1) is 13.2 Å². The molecule has 10 nitrogen and oxygen atoms in total. The molecule has 0 spiro atoms. The Hall–Kier alpha value is -2.52. The second kappa shape index (κ2) is 12.8. The van der Waals surface area contributed by atoms with Gasteiger partial charge in [0, 0.05) is 6.42 Å². The Bertz CT molecular complexity index is 504. The summed E-state index contributed by atoms with van der Waals surface area (Å²) in [5, 5.41) is 18.6. The van der Waals surface area contributed by atoms with E-state index in [1.807, 2.05) is 0 Å². The fraction of sp³-hybridized carbons (Fsp3) is 0.778. The highest BCUT2D eigenvalue weighted by atomic mass is 16.7. The molecule has 2 N–H and O–H groups in total. The number of unbranched alkanes of at least 4 members (excludes halogenated alkanes) is 2. The Morgan fingerprint density at radius 3 is 1.64 bits per heavy atom. The van der Waals surface area contributed by atoms with Gasteiger partial charge in [0.1, 0.15) is 17.6 Å². The maximum absolute atomic E-state index is 12.2. The predicted octanol–water partition coefficient (Wildman–Crippen LogP) is 3.22. The highest BCUT2D eigenvalue weighted by Gasteiger charge is 2.52. The van der Waals surface area contributed by atoms with Crippen molar-refractivity contribution in [1.29, 1.82) is 0 Å². The van der Waals surface area contributed by atoms with Crippen molar-refractivity contribution in [3.05, 3.63) is 0 Å². The topological polar surface area (TPSA) is 146 Å². The Morgan fingerprint density at radius 2 is 1.29 bits per heavy atom. The number of carboxylic acids is 2.